The maximum atomic E-state index is 12.8. The van der Waals surface area contributed by atoms with Gasteiger partial charge in [-0.25, -0.2) is 4.79 Å². The van der Waals surface area contributed by atoms with E-state index in [-0.39, 0.29) is 51.3 Å². The van der Waals surface area contributed by atoms with Crippen molar-refractivity contribution in [3.05, 3.63) is 29.8 Å². The third-order valence-corrected chi connectivity index (χ3v) is 5.33. The lowest BCUT2D eigenvalue weighted by atomic mass is 10.1. The molecule has 0 saturated carbocycles. The van der Waals surface area contributed by atoms with E-state index in [0.717, 1.165) is 0 Å². The average Bonchev–Trinajstić information content (AvgIpc) is 2.91. The molecule has 0 bridgehead atoms. The molecule has 1 aromatic rings. The minimum Gasteiger partial charge on any atom is -0.489 e. The van der Waals surface area contributed by atoms with Gasteiger partial charge in [-0.1, -0.05) is 6.07 Å². The molecule has 0 aliphatic heterocycles. The van der Waals surface area contributed by atoms with Gasteiger partial charge >= 0.3 is 6.09 Å². The first-order valence-corrected chi connectivity index (χ1v) is 14.0. The van der Waals surface area contributed by atoms with Gasteiger partial charge in [0.2, 0.25) is 17.7 Å². The van der Waals surface area contributed by atoms with E-state index in [1.165, 1.54) is 6.92 Å². The van der Waals surface area contributed by atoms with Crippen LogP contribution in [0.5, 0.6) is 5.75 Å². The van der Waals surface area contributed by atoms with Crippen LogP contribution in [-0.2, 0) is 28.6 Å². The molecule has 1 aromatic carbocycles. The molecule has 0 fully saturated rings. The van der Waals surface area contributed by atoms with Gasteiger partial charge in [0.1, 0.15) is 36.8 Å². The monoisotopic (exact) mass is 610 g/mol. The maximum absolute atomic E-state index is 12.8. The van der Waals surface area contributed by atoms with Crippen molar-refractivity contribution in [2.45, 2.75) is 64.8 Å². The molecule has 1 rings (SSSR count). The van der Waals surface area contributed by atoms with Crippen LogP contribution in [0.1, 0.15) is 57.3 Å². The molecule has 0 aliphatic rings. The second kappa shape index (κ2) is 20.0. The predicted molar refractivity (Wildman–Crippen MR) is 157 cm³/mol. The van der Waals surface area contributed by atoms with Crippen LogP contribution >= 0.6 is 0 Å². The van der Waals surface area contributed by atoms with E-state index < -0.39 is 35.8 Å². The minimum absolute atomic E-state index is 0.0126. The Bertz CT molecular complexity index is 1050. The molecule has 242 valence electrons. The van der Waals surface area contributed by atoms with E-state index in [2.05, 4.69) is 21.3 Å². The lowest BCUT2D eigenvalue weighted by molar-refractivity contribution is -0.124. The van der Waals surface area contributed by atoms with Crippen LogP contribution in [-0.4, -0.2) is 93.7 Å². The van der Waals surface area contributed by atoms with Gasteiger partial charge < -0.3 is 51.7 Å². The summed E-state index contributed by atoms with van der Waals surface area (Å²) in [7, 11) is 0. The number of hydrogen-bond acceptors (Lipinski definition) is 10. The van der Waals surface area contributed by atoms with Gasteiger partial charge in [0.25, 0.3) is 5.91 Å². The number of ether oxygens (including phenoxy) is 4. The van der Waals surface area contributed by atoms with Gasteiger partial charge in [-0.05, 0) is 58.2 Å². The molecule has 15 heteroatoms. The number of rotatable bonds is 20. The molecule has 0 radical (unpaired) electrons. The Kier molecular flexibility index (Phi) is 17.3. The molecule has 15 nitrogen and oxygen atoms in total. The molecule has 2 atom stereocenters. The summed E-state index contributed by atoms with van der Waals surface area (Å²) in [6.07, 6.45) is 0.0634. The highest BCUT2D eigenvalue weighted by atomic mass is 16.6. The Morgan fingerprint density at radius 1 is 0.953 bits per heavy atom. The molecule has 43 heavy (non-hydrogen) atoms. The standard InChI is InChI=1S/C28H46N6O9/c1-19(35)31-11-6-5-10-22(34-27(39)43-28(2,3)4)26(38)33-13-12-32-25(37)20-8-7-9-21(16-20)42-18-24(30)41-15-14-40-17-23(29)36/h7-9,16,22,24H,5-6,10-15,17-18,30H2,1-4H3,(H2,29,36)(H,31,35)(H,32,37)(H,33,38)(H,34,39). The van der Waals surface area contributed by atoms with Crippen molar-refractivity contribution in [3.8, 4) is 5.75 Å². The third-order valence-electron chi connectivity index (χ3n) is 5.33. The Hall–Kier alpha value is -3.95. The number of carbonyl (C=O) groups is 5. The highest BCUT2D eigenvalue weighted by Crippen LogP contribution is 2.14. The largest absolute Gasteiger partial charge is 0.489 e. The number of primary amides is 1. The van der Waals surface area contributed by atoms with Crippen LogP contribution < -0.4 is 37.5 Å². The fourth-order valence-corrected chi connectivity index (χ4v) is 3.43. The molecule has 5 amide bonds. The molecule has 0 heterocycles. The summed E-state index contributed by atoms with van der Waals surface area (Å²) in [4.78, 5) is 59.3. The second-order valence-electron chi connectivity index (χ2n) is 10.5. The molecular formula is C28H46N6O9. The molecule has 8 N–H and O–H groups in total. The third kappa shape index (κ3) is 19.0. The fourth-order valence-electron chi connectivity index (χ4n) is 3.43. The van der Waals surface area contributed by atoms with E-state index in [4.69, 9.17) is 30.4 Å². The second-order valence-corrected chi connectivity index (χ2v) is 10.5. The summed E-state index contributed by atoms with van der Waals surface area (Å²) in [6, 6.07) is 5.60. The van der Waals surface area contributed by atoms with Crippen LogP contribution in [0.25, 0.3) is 0 Å². The molecule has 0 saturated heterocycles. The van der Waals surface area contributed by atoms with Gasteiger partial charge in [-0.15, -0.1) is 0 Å². The number of alkyl carbamates (subject to hydrolysis) is 1. The molecular weight excluding hydrogens is 564 g/mol. The first-order chi connectivity index (χ1) is 20.3. The SMILES string of the molecule is CC(=O)NCCCCC(NC(=O)OC(C)(C)C)C(=O)NCCNC(=O)c1cccc(OCC(N)OCCOCC(N)=O)c1. The highest BCUT2D eigenvalue weighted by Gasteiger charge is 2.24. The lowest BCUT2D eigenvalue weighted by Crippen LogP contribution is -2.49. The Morgan fingerprint density at radius 3 is 2.35 bits per heavy atom. The van der Waals surface area contributed by atoms with Crippen LogP contribution in [0.4, 0.5) is 4.79 Å². The number of carbonyl (C=O) groups excluding carboxylic acids is 5. The number of unbranched alkanes of at least 4 members (excludes halogenated alkanes) is 1. The van der Waals surface area contributed by atoms with Gasteiger partial charge in [-0.2, -0.15) is 0 Å². The molecule has 0 aromatic heterocycles. The molecule has 0 aliphatic carbocycles. The first-order valence-electron chi connectivity index (χ1n) is 14.0. The maximum Gasteiger partial charge on any atom is 0.408 e. The summed E-state index contributed by atoms with van der Waals surface area (Å²) in [6.45, 7) is 7.40. The number of hydrogen-bond donors (Lipinski definition) is 6. The van der Waals surface area contributed by atoms with Gasteiger partial charge in [0, 0.05) is 32.1 Å². The zero-order valence-electron chi connectivity index (χ0n) is 25.4. The van der Waals surface area contributed by atoms with Crippen LogP contribution in [0.15, 0.2) is 24.3 Å². The van der Waals surface area contributed by atoms with Gasteiger partial charge in [-0.3, -0.25) is 19.2 Å². The summed E-state index contributed by atoms with van der Waals surface area (Å²) < 4.78 is 21.2. The number of benzene rings is 1. The predicted octanol–water partition coefficient (Wildman–Crippen LogP) is -0.0856. The van der Waals surface area contributed by atoms with Crippen LogP contribution in [0.2, 0.25) is 0 Å². The minimum atomic E-state index is -0.852. The van der Waals surface area contributed by atoms with Crippen molar-refractivity contribution < 1.29 is 42.9 Å². The van der Waals surface area contributed by atoms with E-state index in [9.17, 15) is 24.0 Å². The summed E-state index contributed by atoms with van der Waals surface area (Å²) >= 11 is 0. The average molecular weight is 611 g/mol. The van der Waals surface area contributed by atoms with Crippen LogP contribution in [0, 0.1) is 0 Å². The first kappa shape index (κ1) is 37.1. The van der Waals surface area contributed by atoms with Crippen molar-refractivity contribution >= 4 is 29.7 Å². The Labute approximate surface area is 252 Å². The van der Waals surface area contributed by atoms with E-state index in [0.29, 0.717) is 37.1 Å². The van der Waals surface area contributed by atoms with E-state index in [1.807, 2.05) is 0 Å². The van der Waals surface area contributed by atoms with E-state index >= 15 is 0 Å². The quantitative estimate of drug-likeness (QED) is 0.0850. The van der Waals surface area contributed by atoms with Crippen molar-refractivity contribution in [1.29, 1.82) is 0 Å². The summed E-state index contributed by atoms with van der Waals surface area (Å²) in [5.41, 5.74) is 10.4. The Morgan fingerprint density at radius 2 is 1.67 bits per heavy atom. The number of amides is 5. The summed E-state index contributed by atoms with van der Waals surface area (Å²) in [5.74, 6) is -1.12. The Balaban J connectivity index is 2.50. The molecule has 0 spiro atoms. The fraction of sp³-hybridized carbons (Fsp3) is 0.607. The zero-order valence-corrected chi connectivity index (χ0v) is 25.4. The van der Waals surface area contributed by atoms with Crippen molar-refractivity contribution in [2.75, 3.05) is 46.1 Å². The van der Waals surface area contributed by atoms with Crippen molar-refractivity contribution in [2.24, 2.45) is 11.5 Å². The van der Waals surface area contributed by atoms with Gasteiger partial charge in [0.15, 0.2) is 0 Å². The van der Waals surface area contributed by atoms with Crippen LogP contribution in [0.3, 0.4) is 0 Å². The summed E-state index contributed by atoms with van der Waals surface area (Å²) in [5, 5.41) is 10.7. The van der Waals surface area contributed by atoms with Gasteiger partial charge in [0.05, 0.1) is 13.2 Å². The lowest BCUT2D eigenvalue weighted by Gasteiger charge is -2.23. The van der Waals surface area contributed by atoms with E-state index in [1.54, 1.807) is 45.0 Å². The molecule has 2 unspecified atom stereocenters. The number of nitrogens with two attached hydrogens (primary N) is 2. The highest BCUT2D eigenvalue weighted by molar-refractivity contribution is 5.94. The smallest absolute Gasteiger partial charge is 0.408 e. The normalized spacial score (nSPS) is 12.4. The number of nitrogens with one attached hydrogen (secondary N) is 4. The van der Waals surface area contributed by atoms with Crippen molar-refractivity contribution in [3.63, 3.8) is 0 Å². The van der Waals surface area contributed by atoms with Crippen molar-refractivity contribution in [1.82, 2.24) is 21.3 Å². The zero-order chi connectivity index (χ0) is 32.3. The topological polar surface area (TPSA) is 222 Å².